The number of rotatable bonds is 3. The fourth-order valence-electron chi connectivity index (χ4n) is 2.91. The number of hydrogen-bond acceptors (Lipinski definition) is 2. The maximum atomic E-state index is 11.6. The second kappa shape index (κ2) is 5.52. The van der Waals surface area contributed by atoms with Gasteiger partial charge in [0.25, 0.3) is 0 Å². The SMILES string of the molecule is CCC1CCC(CN2CCC(=O)NC2=O)CC1. The molecule has 0 atom stereocenters. The Hall–Kier alpha value is -1.06. The van der Waals surface area contributed by atoms with Crippen LogP contribution in [0.1, 0.15) is 45.4 Å². The molecule has 4 nitrogen and oxygen atoms in total. The molecule has 1 aliphatic heterocycles. The summed E-state index contributed by atoms with van der Waals surface area (Å²) in [6, 6.07) is -0.195. The zero-order chi connectivity index (χ0) is 12.3. The van der Waals surface area contributed by atoms with Crippen LogP contribution in [0.25, 0.3) is 0 Å². The molecule has 3 amide bonds. The predicted molar refractivity (Wildman–Crippen MR) is 65.5 cm³/mol. The van der Waals surface area contributed by atoms with E-state index in [0.717, 1.165) is 12.5 Å². The number of imide groups is 1. The van der Waals surface area contributed by atoms with Gasteiger partial charge >= 0.3 is 6.03 Å². The smallest absolute Gasteiger partial charge is 0.324 e. The molecule has 1 heterocycles. The quantitative estimate of drug-likeness (QED) is 0.819. The summed E-state index contributed by atoms with van der Waals surface area (Å²) in [7, 11) is 0. The zero-order valence-electron chi connectivity index (χ0n) is 10.6. The first kappa shape index (κ1) is 12.4. The van der Waals surface area contributed by atoms with E-state index in [1.807, 2.05) is 0 Å². The summed E-state index contributed by atoms with van der Waals surface area (Å²) in [5, 5.41) is 2.39. The first-order chi connectivity index (χ1) is 8.19. The molecule has 1 N–H and O–H groups in total. The summed E-state index contributed by atoms with van der Waals surface area (Å²) in [5.74, 6) is 1.39. The van der Waals surface area contributed by atoms with Gasteiger partial charge in [-0.15, -0.1) is 0 Å². The summed E-state index contributed by atoms with van der Waals surface area (Å²) >= 11 is 0. The molecule has 1 saturated carbocycles. The lowest BCUT2D eigenvalue weighted by molar-refractivity contribution is -0.121. The van der Waals surface area contributed by atoms with Crippen LogP contribution in [0.5, 0.6) is 0 Å². The number of nitrogens with zero attached hydrogens (tertiary/aromatic N) is 1. The van der Waals surface area contributed by atoms with E-state index in [1.165, 1.54) is 32.1 Å². The fourth-order valence-corrected chi connectivity index (χ4v) is 2.91. The molecule has 96 valence electrons. The molecule has 0 spiro atoms. The van der Waals surface area contributed by atoms with Crippen molar-refractivity contribution in [3.8, 4) is 0 Å². The van der Waals surface area contributed by atoms with Crippen molar-refractivity contribution in [1.82, 2.24) is 10.2 Å². The van der Waals surface area contributed by atoms with E-state index >= 15 is 0 Å². The molecule has 0 unspecified atom stereocenters. The van der Waals surface area contributed by atoms with Gasteiger partial charge < -0.3 is 4.90 Å². The number of nitrogens with one attached hydrogen (secondary N) is 1. The lowest BCUT2D eigenvalue weighted by Crippen LogP contribution is -2.51. The molecule has 0 aromatic carbocycles. The Labute approximate surface area is 103 Å². The Kier molecular flexibility index (Phi) is 4.02. The Bertz CT molecular complexity index is 296. The minimum absolute atomic E-state index is 0.138. The fraction of sp³-hybridized carbons (Fsp3) is 0.846. The first-order valence-electron chi connectivity index (χ1n) is 6.77. The van der Waals surface area contributed by atoms with Crippen LogP contribution in [-0.4, -0.2) is 29.9 Å². The zero-order valence-corrected chi connectivity index (χ0v) is 10.6. The molecule has 0 bridgehead atoms. The highest BCUT2D eigenvalue weighted by Gasteiger charge is 2.27. The van der Waals surface area contributed by atoms with Crippen molar-refractivity contribution in [2.75, 3.05) is 13.1 Å². The van der Waals surface area contributed by atoms with E-state index < -0.39 is 0 Å². The third-order valence-corrected chi connectivity index (χ3v) is 4.16. The van der Waals surface area contributed by atoms with E-state index in [9.17, 15) is 9.59 Å². The second-order valence-corrected chi connectivity index (χ2v) is 5.34. The molecule has 1 aliphatic carbocycles. The van der Waals surface area contributed by atoms with Gasteiger partial charge in [0.15, 0.2) is 0 Å². The standard InChI is InChI=1S/C13H22N2O2/c1-2-10-3-5-11(6-4-10)9-15-8-7-12(16)14-13(15)17/h10-11H,2-9H2,1H3,(H,14,16,17). The van der Waals surface area contributed by atoms with Gasteiger partial charge in [-0.25, -0.2) is 4.79 Å². The van der Waals surface area contributed by atoms with Gasteiger partial charge in [0.1, 0.15) is 0 Å². The van der Waals surface area contributed by atoms with E-state index in [1.54, 1.807) is 4.90 Å². The molecule has 2 rings (SSSR count). The number of amides is 3. The van der Waals surface area contributed by atoms with Gasteiger partial charge in [0, 0.05) is 19.5 Å². The largest absolute Gasteiger partial charge is 0.324 e. The van der Waals surface area contributed by atoms with Crippen molar-refractivity contribution in [3.05, 3.63) is 0 Å². The van der Waals surface area contributed by atoms with E-state index in [0.29, 0.717) is 18.9 Å². The highest BCUT2D eigenvalue weighted by atomic mass is 16.2. The topological polar surface area (TPSA) is 49.4 Å². The number of urea groups is 1. The highest BCUT2D eigenvalue weighted by Crippen LogP contribution is 2.31. The molecule has 2 aliphatic rings. The third-order valence-electron chi connectivity index (χ3n) is 4.16. The Balaban J connectivity index is 1.78. The van der Waals surface area contributed by atoms with Crippen molar-refractivity contribution in [1.29, 1.82) is 0 Å². The van der Waals surface area contributed by atoms with Crippen LogP contribution in [0.3, 0.4) is 0 Å². The molecule has 17 heavy (non-hydrogen) atoms. The van der Waals surface area contributed by atoms with Crippen molar-refractivity contribution in [2.24, 2.45) is 11.8 Å². The maximum absolute atomic E-state index is 11.6. The minimum Gasteiger partial charge on any atom is -0.324 e. The molecule has 1 saturated heterocycles. The summed E-state index contributed by atoms with van der Waals surface area (Å²) < 4.78 is 0. The summed E-state index contributed by atoms with van der Waals surface area (Å²) in [4.78, 5) is 24.4. The number of carbonyl (C=O) groups is 2. The molecule has 0 aromatic heterocycles. The van der Waals surface area contributed by atoms with Crippen LogP contribution in [0.15, 0.2) is 0 Å². The first-order valence-corrected chi connectivity index (χ1v) is 6.77. The normalized spacial score (nSPS) is 30.3. The van der Waals surface area contributed by atoms with Crippen molar-refractivity contribution in [2.45, 2.75) is 45.4 Å². The van der Waals surface area contributed by atoms with E-state index in [2.05, 4.69) is 12.2 Å². The number of carbonyl (C=O) groups excluding carboxylic acids is 2. The maximum Gasteiger partial charge on any atom is 0.324 e. The van der Waals surface area contributed by atoms with Gasteiger partial charge in [0.05, 0.1) is 0 Å². The van der Waals surface area contributed by atoms with Crippen molar-refractivity contribution >= 4 is 11.9 Å². The predicted octanol–water partition coefficient (Wildman–Crippen LogP) is 2.14. The van der Waals surface area contributed by atoms with Crippen molar-refractivity contribution in [3.63, 3.8) is 0 Å². The Morgan fingerprint density at radius 1 is 1.18 bits per heavy atom. The minimum atomic E-state index is -0.195. The average Bonchev–Trinajstić information content (AvgIpc) is 2.34. The summed E-state index contributed by atoms with van der Waals surface area (Å²) in [5.41, 5.74) is 0. The van der Waals surface area contributed by atoms with Gasteiger partial charge in [-0.2, -0.15) is 0 Å². The van der Waals surface area contributed by atoms with Crippen LogP contribution in [-0.2, 0) is 4.79 Å². The molecule has 0 radical (unpaired) electrons. The molecular formula is C13H22N2O2. The van der Waals surface area contributed by atoms with Crippen LogP contribution in [0.4, 0.5) is 4.79 Å². The molecule has 4 heteroatoms. The molecule has 0 aromatic rings. The van der Waals surface area contributed by atoms with E-state index in [-0.39, 0.29) is 11.9 Å². The monoisotopic (exact) mass is 238 g/mol. The van der Waals surface area contributed by atoms with E-state index in [4.69, 9.17) is 0 Å². The second-order valence-electron chi connectivity index (χ2n) is 5.34. The highest BCUT2D eigenvalue weighted by molar-refractivity contribution is 5.96. The molecule has 2 fully saturated rings. The Morgan fingerprint density at radius 2 is 1.82 bits per heavy atom. The van der Waals surface area contributed by atoms with Crippen LogP contribution in [0.2, 0.25) is 0 Å². The number of hydrogen-bond donors (Lipinski definition) is 1. The summed E-state index contributed by atoms with van der Waals surface area (Å²) in [6.07, 6.45) is 6.80. The molecular weight excluding hydrogens is 216 g/mol. The van der Waals surface area contributed by atoms with Crippen LogP contribution in [0, 0.1) is 11.8 Å². The van der Waals surface area contributed by atoms with Gasteiger partial charge in [-0.1, -0.05) is 26.2 Å². The Morgan fingerprint density at radius 3 is 2.41 bits per heavy atom. The average molecular weight is 238 g/mol. The van der Waals surface area contributed by atoms with Crippen molar-refractivity contribution < 1.29 is 9.59 Å². The van der Waals surface area contributed by atoms with Gasteiger partial charge in [-0.05, 0) is 24.7 Å². The lowest BCUT2D eigenvalue weighted by atomic mass is 9.80. The lowest BCUT2D eigenvalue weighted by Gasteiger charge is -2.33. The summed E-state index contributed by atoms with van der Waals surface area (Å²) in [6.45, 7) is 3.68. The van der Waals surface area contributed by atoms with Crippen LogP contribution >= 0.6 is 0 Å². The van der Waals surface area contributed by atoms with Gasteiger partial charge in [0.2, 0.25) is 5.91 Å². The van der Waals surface area contributed by atoms with Crippen LogP contribution < -0.4 is 5.32 Å². The van der Waals surface area contributed by atoms with Gasteiger partial charge in [-0.3, -0.25) is 10.1 Å². The third kappa shape index (κ3) is 3.20.